The maximum absolute atomic E-state index is 12.8. The first-order valence-corrected chi connectivity index (χ1v) is 5.70. The largest absolute Gasteiger partial charge is 0.394 e. The molecule has 1 saturated heterocycles. The molecule has 100 valence electrons. The Morgan fingerprint density at radius 3 is 2.41 bits per heavy atom. The molecular formula is C11H19F3N2O. The Hall–Kier alpha value is -0.780. The van der Waals surface area contributed by atoms with Crippen molar-refractivity contribution in [1.82, 2.24) is 4.90 Å². The molecule has 2 atom stereocenters. The van der Waals surface area contributed by atoms with Gasteiger partial charge in [0, 0.05) is 24.5 Å². The number of hydrogen-bond donors (Lipinski definition) is 1. The second-order valence-corrected chi connectivity index (χ2v) is 5.16. The van der Waals surface area contributed by atoms with Gasteiger partial charge in [0.15, 0.2) is 0 Å². The smallest absolute Gasteiger partial charge is 0.337 e. The van der Waals surface area contributed by atoms with Crippen molar-refractivity contribution >= 4 is 5.91 Å². The van der Waals surface area contributed by atoms with E-state index < -0.39 is 23.6 Å². The van der Waals surface area contributed by atoms with E-state index in [2.05, 4.69) is 0 Å². The van der Waals surface area contributed by atoms with Gasteiger partial charge in [-0.25, -0.2) is 0 Å². The predicted octanol–water partition coefficient (Wildman–Crippen LogP) is 1.77. The molecule has 17 heavy (non-hydrogen) atoms. The lowest BCUT2D eigenvalue weighted by Gasteiger charge is -2.37. The van der Waals surface area contributed by atoms with Crippen molar-refractivity contribution in [2.45, 2.75) is 38.9 Å². The van der Waals surface area contributed by atoms with Gasteiger partial charge < -0.3 is 10.6 Å². The standard InChI is InChI=1S/C11H19F3N2O/c1-7(6-15)9(17)16-5-4-8(10(16,2)3)11(12,13)14/h7-8H,4-6,15H2,1-3H3. The zero-order valence-electron chi connectivity index (χ0n) is 10.3. The second kappa shape index (κ2) is 4.48. The topological polar surface area (TPSA) is 46.3 Å². The van der Waals surface area contributed by atoms with Crippen LogP contribution in [-0.4, -0.2) is 35.6 Å². The molecule has 2 N–H and O–H groups in total. The molecular weight excluding hydrogens is 233 g/mol. The third kappa shape index (κ3) is 2.56. The molecule has 6 heteroatoms. The number of nitrogens with zero attached hydrogens (tertiary/aromatic N) is 1. The van der Waals surface area contributed by atoms with Gasteiger partial charge in [0.2, 0.25) is 5.91 Å². The Balaban J connectivity index is 2.90. The van der Waals surface area contributed by atoms with Crippen LogP contribution < -0.4 is 5.73 Å². The van der Waals surface area contributed by atoms with Gasteiger partial charge in [-0.2, -0.15) is 13.2 Å². The van der Waals surface area contributed by atoms with Gasteiger partial charge in [-0.05, 0) is 20.3 Å². The van der Waals surface area contributed by atoms with Gasteiger partial charge in [0.1, 0.15) is 0 Å². The highest BCUT2D eigenvalue weighted by Crippen LogP contribution is 2.45. The average Bonchev–Trinajstić information content (AvgIpc) is 2.50. The van der Waals surface area contributed by atoms with Crippen LogP contribution in [0.2, 0.25) is 0 Å². The number of amides is 1. The lowest BCUT2D eigenvalue weighted by Crippen LogP contribution is -2.51. The molecule has 3 nitrogen and oxygen atoms in total. The van der Waals surface area contributed by atoms with Crippen LogP contribution in [0.15, 0.2) is 0 Å². The second-order valence-electron chi connectivity index (χ2n) is 5.16. The summed E-state index contributed by atoms with van der Waals surface area (Å²) in [6, 6.07) is 0. The van der Waals surface area contributed by atoms with E-state index in [-0.39, 0.29) is 25.4 Å². The zero-order chi connectivity index (χ0) is 13.4. The van der Waals surface area contributed by atoms with Crippen LogP contribution in [-0.2, 0) is 4.79 Å². The van der Waals surface area contributed by atoms with Crippen molar-refractivity contribution in [3.05, 3.63) is 0 Å². The summed E-state index contributed by atoms with van der Waals surface area (Å²) in [6.07, 6.45) is -4.29. The van der Waals surface area contributed by atoms with Gasteiger partial charge in [0.25, 0.3) is 0 Å². The maximum atomic E-state index is 12.8. The van der Waals surface area contributed by atoms with E-state index in [1.54, 1.807) is 6.92 Å². The van der Waals surface area contributed by atoms with Crippen LogP contribution in [0, 0.1) is 11.8 Å². The fourth-order valence-corrected chi connectivity index (χ4v) is 2.41. The molecule has 0 saturated carbocycles. The number of nitrogens with two attached hydrogens (primary N) is 1. The van der Waals surface area contributed by atoms with Crippen molar-refractivity contribution in [1.29, 1.82) is 0 Å². The third-order valence-corrected chi connectivity index (χ3v) is 3.63. The quantitative estimate of drug-likeness (QED) is 0.814. The van der Waals surface area contributed by atoms with E-state index >= 15 is 0 Å². The van der Waals surface area contributed by atoms with Crippen molar-refractivity contribution in [3.63, 3.8) is 0 Å². The molecule has 1 fully saturated rings. The molecule has 0 aliphatic carbocycles. The first kappa shape index (κ1) is 14.3. The van der Waals surface area contributed by atoms with E-state index in [1.807, 2.05) is 0 Å². The molecule has 1 amide bonds. The molecule has 1 heterocycles. The van der Waals surface area contributed by atoms with Crippen molar-refractivity contribution < 1.29 is 18.0 Å². The molecule has 0 bridgehead atoms. The summed E-state index contributed by atoms with van der Waals surface area (Å²) in [5, 5.41) is 0. The van der Waals surface area contributed by atoms with Crippen molar-refractivity contribution in [3.8, 4) is 0 Å². The Morgan fingerprint density at radius 2 is 2.06 bits per heavy atom. The third-order valence-electron chi connectivity index (χ3n) is 3.63. The number of rotatable bonds is 2. The Labute approximate surface area is 99.1 Å². The van der Waals surface area contributed by atoms with Gasteiger partial charge in [0.05, 0.1) is 5.92 Å². The number of carbonyl (C=O) groups is 1. The summed E-state index contributed by atoms with van der Waals surface area (Å²) in [6.45, 7) is 4.89. The van der Waals surface area contributed by atoms with E-state index in [0.717, 1.165) is 0 Å². The summed E-state index contributed by atoms with van der Waals surface area (Å²) < 4.78 is 38.4. The average molecular weight is 252 g/mol. The summed E-state index contributed by atoms with van der Waals surface area (Å²) in [7, 11) is 0. The van der Waals surface area contributed by atoms with E-state index in [1.165, 1.54) is 18.7 Å². The minimum Gasteiger partial charge on any atom is -0.337 e. The SMILES string of the molecule is CC(CN)C(=O)N1CCC(C(F)(F)F)C1(C)C. The number of hydrogen-bond acceptors (Lipinski definition) is 2. The maximum Gasteiger partial charge on any atom is 0.394 e. The molecule has 0 aromatic heterocycles. The summed E-state index contributed by atoms with van der Waals surface area (Å²) in [5.41, 5.74) is 4.20. The van der Waals surface area contributed by atoms with Crippen LogP contribution >= 0.6 is 0 Å². The molecule has 1 aliphatic heterocycles. The van der Waals surface area contributed by atoms with Crippen molar-refractivity contribution in [2.24, 2.45) is 17.6 Å². The molecule has 1 rings (SSSR count). The monoisotopic (exact) mass is 252 g/mol. The van der Waals surface area contributed by atoms with Gasteiger partial charge in [-0.1, -0.05) is 6.92 Å². The summed E-state index contributed by atoms with van der Waals surface area (Å²) >= 11 is 0. The zero-order valence-corrected chi connectivity index (χ0v) is 10.3. The number of carbonyl (C=O) groups excluding carboxylic acids is 1. The van der Waals surface area contributed by atoms with Crippen LogP contribution in [0.3, 0.4) is 0 Å². The van der Waals surface area contributed by atoms with Gasteiger partial charge in [-0.15, -0.1) is 0 Å². The first-order chi connectivity index (χ1) is 7.62. The summed E-state index contributed by atoms with van der Waals surface area (Å²) in [4.78, 5) is 13.3. The normalized spacial score (nSPS) is 26.1. The van der Waals surface area contributed by atoms with Crippen LogP contribution in [0.25, 0.3) is 0 Å². The molecule has 1 aliphatic rings. The van der Waals surface area contributed by atoms with Crippen LogP contribution in [0.4, 0.5) is 13.2 Å². The predicted molar refractivity (Wildman–Crippen MR) is 58.2 cm³/mol. The Bertz CT molecular complexity index is 302. The van der Waals surface area contributed by atoms with E-state index in [0.29, 0.717) is 0 Å². The van der Waals surface area contributed by atoms with Gasteiger partial charge >= 0.3 is 6.18 Å². The first-order valence-electron chi connectivity index (χ1n) is 5.70. The number of halogens is 3. The van der Waals surface area contributed by atoms with Crippen molar-refractivity contribution in [2.75, 3.05) is 13.1 Å². The van der Waals surface area contributed by atoms with Gasteiger partial charge in [-0.3, -0.25) is 4.79 Å². The molecule has 0 spiro atoms. The Kier molecular flexibility index (Phi) is 3.76. The van der Waals surface area contributed by atoms with Crippen LogP contribution in [0.1, 0.15) is 27.2 Å². The highest BCUT2D eigenvalue weighted by Gasteiger charge is 2.56. The highest BCUT2D eigenvalue weighted by molar-refractivity contribution is 5.79. The minimum absolute atomic E-state index is 0.0282. The molecule has 0 radical (unpaired) electrons. The van der Waals surface area contributed by atoms with E-state index in [9.17, 15) is 18.0 Å². The summed E-state index contributed by atoms with van der Waals surface area (Å²) in [5.74, 6) is -2.17. The number of alkyl halides is 3. The molecule has 2 unspecified atom stereocenters. The van der Waals surface area contributed by atoms with E-state index in [4.69, 9.17) is 5.73 Å². The minimum atomic E-state index is -4.26. The molecule has 0 aromatic rings. The highest BCUT2D eigenvalue weighted by atomic mass is 19.4. The fourth-order valence-electron chi connectivity index (χ4n) is 2.41. The Morgan fingerprint density at radius 1 is 1.53 bits per heavy atom. The number of likely N-dealkylation sites (tertiary alicyclic amines) is 1. The lowest BCUT2D eigenvalue weighted by molar-refractivity contribution is -0.192. The molecule has 0 aromatic carbocycles. The lowest BCUT2D eigenvalue weighted by atomic mass is 9.87. The fraction of sp³-hybridized carbons (Fsp3) is 0.909. The van der Waals surface area contributed by atoms with Crippen LogP contribution in [0.5, 0.6) is 0 Å².